The molecule has 0 saturated carbocycles. The van der Waals surface area contributed by atoms with Crippen molar-refractivity contribution >= 4 is 17.3 Å². The molecule has 0 amide bonds. The summed E-state index contributed by atoms with van der Waals surface area (Å²) in [6.07, 6.45) is 0. The van der Waals surface area contributed by atoms with Crippen LogP contribution in [0.5, 0.6) is 5.75 Å². The van der Waals surface area contributed by atoms with Crippen molar-refractivity contribution in [2.45, 2.75) is 0 Å². The topological polar surface area (TPSA) is 21.3 Å². The van der Waals surface area contributed by atoms with Gasteiger partial charge >= 0.3 is 0 Å². The molecule has 88 valence electrons. The van der Waals surface area contributed by atoms with Crippen LogP contribution in [-0.4, -0.2) is 14.2 Å². The zero-order chi connectivity index (χ0) is 12.3. The molecule has 0 radical (unpaired) electrons. The van der Waals surface area contributed by atoms with Crippen molar-refractivity contribution in [1.82, 2.24) is 0 Å². The van der Waals surface area contributed by atoms with Gasteiger partial charge in [0.1, 0.15) is 5.75 Å². The van der Waals surface area contributed by atoms with Gasteiger partial charge in [-0.3, -0.25) is 0 Å². The van der Waals surface area contributed by atoms with Crippen LogP contribution < -0.4 is 10.1 Å². The van der Waals surface area contributed by atoms with E-state index in [0.717, 1.165) is 16.8 Å². The molecule has 0 fully saturated rings. The molecule has 0 aromatic heterocycles. The van der Waals surface area contributed by atoms with E-state index in [1.807, 2.05) is 37.4 Å². The maximum absolute atomic E-state index is 6.11. The van der Waals surface area contributed by atoms with Crippen molar-refractivity contribution in [3.63, 3.8) is 0 Å². The number of rotatable bonds is 3. The minimum absolute atomic E-state index is 0.625. The summed E-state index contributed by atoms with van der Waals surface area (Å²) in [7, 11) is 3.52. The van der Waals surface area contributed by atoms with Crippen LogP contribution in [0.25, 0.3) is 11.1 Å². The van der Waals surface area contributed by atoms with Gasteiger partial charge in [-0.05, 0) is 35.4 Å². The van der Waals surface area contributed by atoms with Gasteiger partial charge in [0.25, 0.3) is 0 Å². The fourth-order valence-electron chi connectivity index (χ4n) is 1.70. The van der Waals surface area contributed by atoms with Crippen molar-refractivity contribution in [1.29, 1.82) is 0 Å². The predicted octanol–water partition coefficient (Wildman–Crippen LogP) is 4.06. The van der Waals surface area contributed by atoms with Gasteiger partial charge in [0.2, 0.25) is 0 Å². The Hall–Kier alpha value is -1.67. The van der Waals surface area contributed by atoms with Crippen LogP contribution in [-0.2, 0) is 0 Å². The third-order valence-electron chi connectivity index (χ3n) is 2.64. The monoisotopic (exact) mass is 247 g/mol. The molecule has 0 unspecified atom stereocenters. The van der Waals surface area contributed by atoms with Crippen molar-refractivity contribution < 1.29 is 4.74 Å². The lowest BCUT2D eigenvalue weighted by atomic mass is 10.1. The highest BCUT2D eigenvalue weighted by Crippen LogP contribution is 2.30. The number of hydrogen-bond acceptors (Lipinski definition) is 2. The fourth-order valence-corrected chi connectivity index (χ4v) is 1.96. The number of halogens is 1. The van der Waals surface area contributed by atoms with Crippen LogP contribution in [0, 0.1) is 0 Å². The Bertz CT molecular complexity index is 525. The molecule has 0 atom stereocenters. The van der Waals surface area contributed by atoms with Crippen LogP contribution in [0.15, 0.2) is 42.5 Å². The molecule has 0 saturated heterocycles. The first-order chi connectivity index (χ1) is 8.24. The molecule has 0 aliphatic heterocycles. The summed E-state index contributed by atoms with van der Waals surface area (Å²) < 4.78 is 5.14. The summed E-state index contributed by atoms with van der Waals surface area (Å²) >= 11 is 6.11. The molecule has 2 nitrogen and oxygen atoms in total. The molecule has 0 aliphatic carbocycles. The van der Waals surface area contributed by atoms with E-state index in [1.165, 1.54) is 0 Å². The summed E-state index contributed by atoms with van der Waals surface area (Å²) in [5.41, 5.74) is 3.28. The van der Waals surface area contributed by atoms with E-state index in [0.29, 0.717) is 10.8 Å². The smallest absolute Gasteiger partial charge is 0.137 e. The molecule has 0 heterocycles. The molecule has 2 aromatic carbocycles. The van der Waals surface area contributed by atoms with Crippen LogP contribution in [0.2, 0.25) is 5.02 Å². The number of ether oxygens (including phenoxy) is 1. The zero-order valence-corrected chi connectivity index (χ0v) is 10.6. The highest BCUT2D eigenvalue weighted by atomic mass is 35.5. The molecule has 1 N–H and O–H groups in total. The van der Waals surface area contributed by atoms with E-state index in [-0.39, 0.29) is 0 Å². The van der Waals surface area contributed by atoms with Crippen molar-refractivity contribution in [3.05, 3.63) is 47.5 Å². The molecule has 2 rings (SSSR count). The number of methoxy groups -OCH3 is 1. The van der Waals surface area contributed by atoms with Crippen LogP contribution in [0.1, 0.15) is 0 Å². The molecule has 17 heavy (non-hydrogen) atoms. The Labute approximate surface area is 106 Å². The van der Waals surface area contributed by atoms with E-state index in [1.54, 1.807) is 7.11 Å². The molecule has 3 heteroatoms. The van der Waals surface area contributed by atoms with E-state index in [9.17, 15) is 0 Å². The van der Waals surface area contributed by atoms with Gasteiger partial charge in [-0.15, -0.1) is 0 Å². The van der Waals surface area contributed by atoms with Gasteiger partial charge in [-0.25, -0.2) is 0 Å². The lowest BCUT2D eigenvalue weighted by Crippen LogP contribution is -1.88. The van der Waals surface area contributed by atoms with Crippen molar-refractivity contribution in [2.75, 3.05) is 19.5 Å². The van der Waals surface area contributed by atoms with E-state index < -0.39 is 0 Å². The summed E-state index contributed by atoms with van der Waals surface area (Å²) in [5, 5.41) is 3.74. The molecule has 0 bridgehead atoms. The van der Waals surface area contributed by atoms with Gasteiger partial charge in [-0.2, -0.15) is 0 Å². The summed E-state index contributed by atoms with van der Waals surface area (Å²) in [6.45, 7) is 0. The molecular weight excluding hydrogens is 234 g/mol. The highest BCUT2D eigenvalue weighted by molar-refractivity contribution is 6.32. The summed E-state index contributed by atoms with van der Waals surface area (Å²) in [5.74, 6) is 0.695. The lowest BCUT2D eigenvalue weighted by molar-refractivity contribution is 0.415. The Morgan fingerprint density at radius 2 is 1.82 bits per heavy atom. The van der Waals surface area contributed by atoms with Crippen LogP contribution >= 0.6 is 11.6 Å². The fraction of sp³-hybridized carbons (Fsp3) is 0.143. The first-order valence-electron chi connectivity index (χ1n) is 5.36. The largest absolute Gasteiger partial charge is 0.495 e. The standard InChI is InChI=1S/C14H14ClNO/c1-16-12-5-3-4-10(8-12)11-6-7-14(17-2)13(15)9-11/h3-9,16H,1-2H3. The molecule has 0 spiro atoms. The van der Waals surface area contributed by atoms with Crippen molar-refractivity contribution in [2.24, 2.45) is 0 Å². The molecular formula is C14H14ClNO. The second-order valence-corrected chi connectivity index (χ2v) is 4.09. The SMILES string of the molecule is CNc1cccc(-c2ccc(OC)c(Cl)c2)c1. The Morgan fingerprint density at radius 3 is 2.47 bits per heavy atom. The first-order valence-corrected chi connectivity index (χ1v) is 5.74. The van der Waals surface area contributed by atoms with Gasteiger partial charge < -0.3 is 10.1 Å². The normalized spacial score (nSPS) is 10.1. The van der Waals surface area contributed by atoms with E-state index in [2.05, 4.69) is 17.4 Å². The first kappa shape index (κ1) is 11.8. The number of nitrogens with one attached hydrogen (secondary N) is 1. The molecule has 2 aromatic rings. The third-order valence-corrected chi connectivity index (χ3v) is 2.93. The van der Waals surface area contributed by atoms with Gasteiger partial charge in [0.15, 0.2) is 0 Å². The average Bonchev–Trinajstić information content (AvgIpc) is 2.38. The highest BCUT2D eigenvalue weighted by Gasteiger charge is 2.04. The average molecular weight is 248 g/mol. The maximum Gasteiger partial charge on any atom is 0.137 e. The Morgan fingerprint density at radius 1 is 1.06 bits per heavy atom. The van der Waals surface area contributed by atoms with E-state index in [4.69, 9.17) is 16.3 Å². The van der Waals surface area contributed by atoms with Gasteiger partial charge in [-0.1, -0.05) is 29.8 Å². The third kappa shape index (κ3) is 2.53. The number of hydrogen-bond donors (Lipinski definition) is 1. The van der Waals surface area contributed by atoms with Gasteiger partial charge in [0.05, 0.1) is 12.1 Å². The second kappa shape index (κ2) is 5.11. The zero-order valence-electron chi connectivity index (χ0n) is 9.83. The maximum atomic E-state index is 6.11. The minimum Gasteiger partial charge on any atom is -0.495 e. The molecule has 0 aliphatic rings. The minimum atomic E-state index is 0.625. The number of benzene rings is 2. The quantitative estimate of drug-likeness (QED) is 0.883. The summed E-state index contributed by atoms with van der Waals surface area (Å²) in [4.78, 5) is 0. The Kier molecular flexibility index (Phi) is 3.55. The van der Waals surface area contributed by atoms with Crippen LogP contribution in [0.4, 0.5) is 5.69 Å². The van der Waals surface area contributed by atoms with E-state index >= 15 is 0 Å². The second-order valence-electron chi connectivity index (χ2n) is 3.68. The Balaban J connectivity index is 2.42. The summed E-state index contributed by atoms with van der Waals surface area (Å²) in [6, 6.07) is 14.0. The predicted molar refractivity (Wildman–Crippen MR) is 73.0 cm³/mol. The van der Waals surface area contributed by atoms with Gasteiger partial charge in [0, 0.05) is 12.7 Å². The number of anilines is 1. The van der Waals surface area contributed by atoms with Crippen molar-refractivity contribution in [3.8, 4) is 16.9 Å². The van der Waals surface area contributed by atoms with Crippen LogP contribution in [0.3, 0.4) is 0 Å². The lowest BCUT2D eigenvalue weighted by Gasteiger charge is -2.08.